The topological polar surface area (TPSA) is 35.6 Å². The average molecular weight is 815 g/mol. The Hall–Kier alpha value is -8.60. The first kappa shape index (κ1) is 36.1. The molecule has 298 valence electrons. The predicted molar refractivity (Wildman–Crippen MR) is 267 cm³/mol. The molecule has 0 aliphatic heterocycles. The van der Waals surface area contributed by atoms with E-state index in [-0.39, 0.29) is 0 Å². The lowest BCUT2D eigenvalue weighted by Crippen LogP contribution is -1.98. The fourth-order valence-electron chi connectivity index (χ4n) is 9.94. The van der Waals surface area contributed by atoms with E-state index in [0.717, 1.165) is 72.0 Å². The highest BCUT2D eigenvalue weighted by molar-refractivity contribution is 6.14. The van der Waals surface area contributed by atoms with E-state index in [9.17, 15) is 0 Å². The van der Waals surface area contributed by atoms with Crippen molar-refractivity contribution in [2.75, 3.05) is 0 Å². The van der Waals surface area contributed by atoms with Crippen LogP contribution in [0.25, 0.3) is 122 Å². The van der Waals surface area contributed by atoms with E-state index in [4.69, 9.17) is 9.97 Å². The van der Waals surface area contributed by atoms with Gasteiger partial charge >= 0.3 is 0 Å². The van der Waals surface area contributed by atoms with Crippen LogP contribution in [-0.2, 0) is 0 Å². The van der Waals surface area contributed by atoms with Crippen LogP contribution in [0.15, 0.2) is 231 Å². The second-order valence-electron chi connectivity index (χ2n) is 16.6. The SMILES string of the molecule is c1ccc(-c2cccc(-c3nc(-c4cccc(-n5c6ccccc6c6ccc(-c7ccc8c(c7)c7ccccc7n8-c7ccccc7)cc65)c4)c4c(ccc5ccccc54)n3)c2)cc1. The number of benzene rings is 10. The highest BCUT2D eigenvalue weighted by atomic mass is 15.0. The first-order valence-electron chi connectivity index (χ1n) is 21.8. The number of fused-ring (bicyclic) bond motifs is 9. The van der Waals surface area contributed by atoms with Crippen molar-refractivity contribution >= 4 is 65.3 Å². The molecule has 0 spiro atoms. The maximum absolute atomic E-state index is 5.47. The summed E-state index contributed by atoms with van der Waals surface area (Å²) in [6.45, 7) is 0. The molecule has 0 saturated carbocycles. The molecule has 3 aromatic heterocycles. The van der Waals surface area contributed by atoms with Gasteiger partial charge in [-0.3, -0.25) is 0 Å². The van der Waals surface area contributed by atoms with Gasteiger partial charge in [0.1, 0.15) is 0 Å². The van der Waals surface area contributed by atoms with Crippen molar-refractivity contribution in [3.05, 3.63) is 231 Å². The van der Waals surface area contributed by atoms with Gasteiger partial charge in [-0.05, 0) is 99.8 Å². The molecule has 0 aliphatic rings. The highest BCUT2D eigenvalue weighted by Crippen LogP contribution is 2.40. The van der Waals surface area contributed by atoms with Crippen molar-refractivity contribution in [3.8, 4) is 56.3 Å². The summed E-state index contributed by atoms with van der Waals surface area (Å²) in [6, 6.07) is 82.8. The van der Waals surface area contributed by atoms with E-state index in [1.165, 1.54) is 43.7 Å². The number of rotatable bonds is 6. The first-order valence-corrected chi connectivity index (χ1v) is 21.8. The summed E-state index contributed by atoms with van der Waals surface area (Å²) in [5.74, 6) is 0.700. The molecule has 13 rings (SSSR count). The lowest BCUT2D eigenvalue weighted by molar-refractivity contribution is 1.18. The van der Waals surface area contributed by atoms with Gasteiger partial charge < -0.3 is 9.13 Å². The quantitative estimate of drug-likeness (QED) is 0.157. The van der Waals surface area contributed by atoms with Gasteiger partial charge in [-0.15, -0.1) is 0 Å². The van der Waals surface area contributed by atoms with Crippen molar-refractivity contribution < 1.29 is 0 Å². The summed E-state index contributed by atoms with van der Waals surface area (Å²) in [5, 5.41) is 8.25. The Morgan fingerprint density at radius 3 is 1.67 bits per heavy atom. The molecule has 13 aromatic rings. The zero-order valence-electron chi connectivity index (χ0n) is 34.7. The van der Waals surface area contributed by atoms with Crippen LogP contribution in [0.3, 0.4) is 0 Å². The van der Waals surface area contributed by atoms with Gasteiger partial charge in [-0.2, -0.15) is 0 Å². The second kappa shape index (κ2) is 14.5. The zero-order chi connectivity index (χ0) is 42.1. The summed E-state index contributed by atoms with van der Waals surface area (Å²) in [4.78, 5) is 10.7. The van der Waals surface area contributed by atoms with Crippen molar-refractivity contribution in [1.29, 1.82) is 0 Å². The molecule has 3 heterocycles. The molecule has 0 unspecified atom stereocenters. The van der Waals surface area contributed by atoms with Crippen LogP contribution in [0.2, 0.25) is 0 Å². The minimum atomic E-state index is 0.700. The zero-order valence-corrected chi connectivity index (χ0v) is 34.7. The summed E-state index contributed by atoms with van der Waals surface area (Å²) >= 11 is 0. The maximum Gasteiger partial charge on any atom is 0.160 e. The maximum atomic E-state index is 5.47. The third-order valence-electron chi connectivity index (χ3n) is 12.9. The molecule has 0 amide bonds. The molecule has 10 aromatic carbocycles. The number of nitrogens with zero attached hydrogens (tertiary/aromatic N) is 4. The van der Waals surface area contributed by atoms with E-state index in [2.05, 4.69) is 240 Å². The van der Waals surface area contributed by atoms with Crippen LogP contribution in [0, 0.1) is 0 Å². The molecule has 0 fully saturated rings. The Labute approximate surface area is 369 Å². The van der Waals surface area contributed by atoms with Gasteiger partial charge in [-0.1, -0.05) is 164 Å². The molecule has 0 radical (unpaired) electrons. The molecule has 4 nitrogen and oxygen atoms in total. The molecule has 4 heteroatoms. The third-order valence-corrected chi connectivity index (χ3v) is 12.9. The largest absolute Gasteiger partial charge is 0.309 e. The fourth-order valence-corrected chi connectivity index (χ4v) is 9.94. The Morgan fingerprint density at radius 1 is 0.281 bits per heavy atom. The van der Waals surface area contributed by atoms with Gasteiger partial charge in [0.25, 0.3) is 0 Å². The van der Waals surface area contributed by atoms with Crippen LogP contribution in [0.5, 0.6) is 0 Å². The lowest BCUT2D eigenvalue weighted by atomic mass is 9.98. The van der Waals surface area contributed by atoms with Crippen LogP contribution in [0.1, 0.15) is 0 Å². The van der Waals surface area contributed by atoms with E-state index in [1.54, 1.807) is 0 Å². The smallest absolute Gasteiger partial charge is 0.160 e. The molecule has 0 atom stereocenters. The standard InChI is InChI=1S/C60H38N4/c1-3-15-39(16-4-1)41-18-13-20-45(35-41)60-61-53-33-30-40-17-7-8-24-48(40)58(53)59(62-60)44-19-14-23-47(36-44)64-54-27-11-9-25-49(54)51-32-29-43(38-57(51)64)42-31-34-56-52(37-42)50-26-10-12-28-55(50)63(56)46-21-5-2-6-22-46/h1-38H. The van der Waals surface area contributed by atoms with Gasteiger partial charge in [0.2, 0.25) is 0 Å². The molecular formula is C60H38N4. The molecule has 64 heavy (non-hydrogen) atoms. The van der Waals surface area contributed by atoms with Gasteiger partial charge in [-0.25, -0.2) is 9.97 Å². The Bertz CT molecular complexity index is 3950. The highest BCUT2D eigenvalue weighted by Gasteiger charge is 2.19. The molecule has 0 bridgehead atoms. The van der Waals surface area contributed by atoms with Gasteiger partial charge in [0.05, 0.1) is 33.3 Å². The van der Waals surface area contributed by atoms with E-state index >= 15 is 0 Å². The lowest BCUT2D eigenvalue weighted by Gasteiger charge is -2.14. The van der Waals surface area contributed by atoms with Crippen molar-refractivity contribution in [2.24, 2.45) is 0 Å². The number of aromatic nitrogens is 4. The minimum absolute atomic E-state index is 0.700. The van der Waals surface area contributed by atoms with Gasteiger partial charge in [0.15, 0.2) is 5.82 Å². The second-order valence-corrected chi connectivity index (χ2v) is 16.6. The number of para-hydroxylation sites is 3. The van der Waals surface area contributed by atoms with Crippen molar-refractivity contribution in [3.63, 3.8) is 0 Å². The van der Waals surface area contributed by atoms with Crippen molar-refractivity contribution in [2.45, 2.75) is 0 Å². The number of hydrogen-bond donors (Lipinski definition) is 0. The summed E-state index contributed by atoms with van der Waals surface area (Å²) in [7, 11) is 0. The predicted octanol–water partition coefficient (Wildman–Crippen LogP) is 15.6. The summed E-state index contributed by atoms with van der Waals surface area (Å²) in [5.41, 5.74) is 15.4. The van der Waals surface area contributed by atoms with Crippen LogP contribution in [0.4, 0.5) is 0 Å². The molecule has 0 aliphatic carbocycles. The van der Waals surface area contributed by atoms with E-state index in [0.29, 0.717) is 5.82 Å². The summed E-state index contributed by atoms with van der Waals surface area (Å²) < 4.78 is 4.79. The monoisotopic (exact) mass is 814 g/mol. The summed E-state index contributed by atoms with van der Waals surface area (Å²) in [6.07, 6.45) is 0. The Kier molecular flexibility index (Phi) is 8.18. The van der Waals surface area contributed by atoms with Crippen LogP contribution in [-0.4, -0.2) is 19.1 Å². The van der Waals surface area contributed by atoms with E-state index in [1.807, 2.05) is 0 Å². The van der Waals surface area contributed by atoms with Crippen molar-refractivity contribution in [1.82, 2.24) is 19.1 Å². The van der Waals surface area contributed by atoms with Crippen LogP contribution < -0.4 is 0 Å². The van der Waals surface area contributed by atoms with E-state index < -0.39 is 0 Å². The third kappa shape index (κ3) is 5.77. The van der Waals surface area contributed by atoms with Gasteiger partial charge in [0, 0.05) is 49.4 Å². The first-order chi connectivity index (χ1) is 31.7. The average Bonchev–Trinajstić information content (AvgIpc) is 3.89. The number of hydrogen-bond acceptors (Lipinski definition) is 2. The molecular weight excluding hydrogens is 777 g/mol. The normalized spacial score (nSPS) is 11.8. The fraction of sp³-hybridized carbons (Fsp3) is 0. The molecule has 0 N–H and O–H groups in total. The minimum Gasteiger partial charge on any atom is -0.309 e. The molecule has 0 saturated heterocycles. The Balaban J connectivity index is 0.995. The van der Waals surface area contributed by atoms with Crippen LogP contribution >= 0.6 is 0 Å². The Morgan fingerprint density at radius 2 is 0.844 bits per heavy atom.